The van der Waals surface area contributed by atoms with Crippen molar-refractivity contribution in [2.45, 2.75) is 38.4 Å². The molecule has 1 heterocycles. The molecule has 0 aliphatic heterocycles. The second-order valence-corrected chi connectivity index (χ2v) is 8.66. The summed E-state index contributed by atoms with van der Waals surface area (Å²) in [6, 6.07) is 13.6. The highest BCUT2D eigenvalue weighted by Crippen LogP contribution is 2.27. The number of halogens is 1. The normalized spacial score (nSPS) is 10.8. The first-order valence-electron chi connectivity index (χ1n) is 9.78. The van der Waals surface area contributed by atoms with Crippen LogP contribution >= 0.6 is 27.7 Å². The molecule has 1 aromatic heterocycles. The Kier molecular flexibility index (Phi) is 7.93. The van der Waals surface area contributed by atoms with Gasteiger partial charge >= 0.3 is 0 Å². The minimum atomic E-state index is -0.0828. The molecule has 0 aliphatic carbocycles. The first-order chi connectivity index (χ1) is 14.5. The van der Waals surface area contributed by atoms with Gasteiger partial charge in [0, 0.05) is 16.6 Å². The summed E-state index contributed by atoms with van der Waals surface area (Å²) in [7, 11) is 1.65. The number of aromatic nitrogens is 3. The van der Waals surface area contributed by atoms with Gasteiger partial charge in [0.15, 0.2) is 11.0 Å². The highest BCUT2D eigenvalue weighted by atomic mass is 79.9. The Balaban J connectivity index is 1.73. The zero-order valence-electron chi connectivity index (χ0n) is 17.3. The highest BCUT2D eigenvalue weighted by Gasteiger charge is 2.16. The van der Waals surface area contributed by atoms with E-state index in [1.807, 2.05) is 49.4 Å². The Bertz CT molecular complexity index is 1000. The lowest BCUT2D eigenvalue weighted by Crippen LogP contribution is -2.15. The van der Waals surface area contributed by atoms with Gasteiger partial charge in [0.1, 0.15) is 5.75 Å². The van der Waals surface area contributed by atoms with Crippen molar-refractivity contribution in [1.29, 1.82) is 0 Å². The van der Waals surface area contributed by atoms with Gasteiger partial charge in [-0.25, -0.2) is 0 Å². The third-order valence-corrected chi connectivity index (χ3v) is 6.15. The van der Waals surface area contributed by atoms with Crippen LogP contribution in [0, 0.1) is 6.92 Å². The molecule has 0 fully saturated rings. The quantitative estimate of drug-likeness (QED) is 0.399. The number of carbonyl (C=O) groups is 1. The number of thioether (sulfide) groups is 1. The average molecular weight is 489 g/mol. The van der Waals surface area contributed by atoms with Gasteiger partial charge in [-0.2, -0.15) is 0 Å². The molecular weight excluding hydrogens is 464 g/mol. The topological polar surface area (TPSA) is 69.0 Å². The first kappa shape index (κ1) is 22.4. The summed E-state index contributed by atoms with van der Waals surface area (Å²) >= 11 is 4.89. The number of hydrogen-bond donors (Lipinski definition) is 1. The maximum Gasteiger partial charge on any atom is 0.234 e. The molecule has 0 radical (unpaired) electrons. The van der Waals surface area contributed by atoms with Crippen molar-refractivity contribution in [3.05, 3.63) is 52.5 Å². The number of hydrogen-bond acceptors (Lipinski definition) is 5. The van der Waals surface area contributed by atoms with Crippen molar-refractivity contribution < 1.29 is 9.53 Å². The van der Waals surface area contributed by atoms with E-state index in [9.17, 15) is 4.79 Å². The molecule has 30 heavy (non-hydrogen) atoms. The second kappa shape index (κ2) is 10.6. The van der Waals surface area contributed by atoms with E-state index in [1.165, 1.54) is 11.8 Å². The van der Waals surface area contributed by atoms with Crippen molar-refractivity contribution >= 4 is 39.3 Å². The number of nitrogens with zero attached hydrogens (tertiary/aromatic N) is 3. The molecule has 0 saturated carbocycles. The zero-order valence-corrected chi connectivity index (χ0v) is 19.7. The van der Waals surface area contributed by atoms with Gasteiger partial charge in [-0.05, 0) is 71.2 Å². The number of carbonyl (C=O) groups excluding carboxylic acids is 1. The fraction of sp³-hybridized carbons (Fsp3) is 0.318. The van der Waals surface area contributed by atoms with Crippen LogP contribution in [0.15, 0.2) is 52.1 Å². The van der Waals surface area contributed by atoms with Gasteiger partial charge in [0.2, 0.25) is 5.91 Å². The molecule has 0 unspecified atom stereocenters. The van der Waals surface area contributed by atoms with E-state index in [1.54, 1.807) is 7.11 Å². The van der Waals surface area contributed by atoms with Crippen molar-refractivity contribution in [3.63, 3.8) is 0 Å². The van der Waals surface area contributed by atoms with Crippen molar-refractivity contribution in [1.82, 2.24) is 14.8 Å². The van der Waals surface area contributed by atoms with E-state index in [-0.39, 0.29) is 11.7 Å². The third kappa shape index (κ3) is 5.64. The lowest BCUT2D eigenvalue weighted by molar-refractivity contribution is -0.113. The van der Waals surface area contributed by atoms with Crippen LogP contribution in [0.1, 0.15) is 25.3 Å². The number of ether oxygens (including phenoxy) is 1. The van der Waals surface area contributed by atoms with Gasteiger partial charge in [-0.15, -0.1) is 10.2 Å². The number of rotatable bonds is 9. The molecule has 0 aliphatic rings. The summed E-state index contributed by atoms with van der Waals surface area (Å²) in [5, 5.41) is 12.4. The monoisotopic (exact) mass is 488 g/mol. The summed E-state index contributed by atoms with van der Waals surface area (Å²) in [6.45, 7) is 4.96. The fourth-order valence-corrected chi connectivity index (χ4v) is 4.26. The van der Waals surface area contributed by atoms with Gasteiger partial charge < -0.3 is 14.6 Å². The molecule has 3 aromatic rings. The fourth-order valence-electron chi connectivity index (χ4n) is 2.90. The number of benzene rings is 2. The summed E-state index contributed by atoms with van der Waals surface area (Å²) in [5.41, 5.74) is 2.86. The Labute approximate surface area is 189 Å². The summed E-state index contributed by atoms with van der Waals surface area (Å²) in [5.74, 6) is 1.77. The maximum absolute atomic E-state index is 12.5. The minimum Gasteiger partial charge on any atom is -0.497 e. The molecule has 1 N–H and O–H groups in total. The molecule has 1 amide bonds. The predicted molar refractivity (Wildman–Crippen MR) is 125 cm³/mol. The molecule has 3 rings (SSSR count). The van der Waals surface area contributed by atoms with Crippen LogP contribution in [0.25, 0.3) is 11.4 Å². The molecule has 2 aromatic carbocycles. The van der Waals surface area contributed by atoms with Crippen molar-refractivity contribution in [2.75, 3.05) is 18.2 Å². The predicted octanol–water partition coefficient (Wildman–Crippen LogP) is 5.56. The smallest absolute Gasteiger partial charge is 0.234 e. The van der Waals surface area contributed by atoms with Crippen molar-refractivity contribution in [2.24, 2.45) is 0 Å². The van der Waals surface area contributed by atoms with Crippen LogP contribution in [0.2, 0.25) is 0 Å². The van der Waals surface area contributed by atoms with Crippen LogP contribution in [0.4, 0.5) is 5.69 Å². The van der Waals surface area contributed by atoms with Crippen LogP contribution in [-0.2, 0) is 11.3 Å². The van der Waals surface area contributed by atoms with E-state index in [0.29, 0.717) is 0 Å². The zero-order chi connectivity index (χ0) is 21.5. The molecule has 0 bridgehead atoms. The summed E-state index contributed by atoms with van der Waals surface area (Å²) in [6.07, 6.45) is 2.07. The largest absolute Gasteiger partial charge is 0.497 e. The molecule has 6 nitrogen and oxygen atoms in total. The SMILES string of the molecule is CCCCn1c(SCC(=O)Nc2ccc(C)cc2Br)nnc1-c1ccc(OC)cc1. The Morgan fingerprint density at radius 2 is 1.97 bits per heavy atom. The Morgan fingerprint density at radius 3 is 2.63 bits per heavy atom. The highest BCUT2D eigenvalue weighted by molar-refractivity contribution is 9.10. The van der Waals surface area contributed by atoms with Crippen LogP contribution < -0.4 is 10.1 Å². The molecule has 158 valence electrons. The van der Waals surface area contributed by atoms with E-state index in [4.69, 9.17) is 4.74 Å². The molecule has 0 spiro atoms. The van der Waals surface area contributed by atoms with E-state index in [2.05, 4.69) is 42.9 Å². The van der Waals surface area contributed by atoms with Crippen LogP contribution in [0.5, 0.6) is 5.75 Å². The van der Waals surface area contributed by atoms with Crippen LogP contribution in [0.3, 0.4) is 0 Å². The van der Waals surface area contributed by atoms with Gasteiger partial charge in [0.05, 0.1) is 18.6 Å². The lowest BCUT2D eigenvalue weighted by Gasteiger charge is -2.11. The molecular formula is C22H25BrN4O2S. The van der Waals surface area contributed by atoms with E-state index >= 15 is 0 Å². The number of methoxy groups -OCH3 is 1. The average Bonchev–Trinajstić information content (AvgIpc) is 3.15. The van der Waals surface area contributed by atoms with Crippen molar-refractivity contribution in [3.8, 4) is 17.1 Å². The molecule has 0 atom stereocenters. The lowest BCUT2D eigenvalue weighted by atomic mass is 10.2. The Morgan fingerprint density at radius 1 is 1.20 bits per heavy atom. The van der Waals surface area contributed by atoms with Crippen LogP contribution in [-0.4, -0.2) is 33.5 Å². The van der Waals surface area contributed by atoms with Gasteiger partial charge in [-0.1, -0.05) is 31.2 Å². The number of amides is 1. The van der Waals surface area contributed by atoms with E-state index < -0.39 is 0 Å². The second-order valence-electron chi connectivity index (χ2n) is 6.86. The first-order valence-corrected chi connectivity index (χ1v) is 11.6. The Hall–Kier alpha value is -2.32. The summed E-state index contributed by atoms with van der Waals surface area (Å²) < 4.78 is 8.20. The minimum absolute atomic E-state index is 0.0828. The molecule has 0 saturated heterocycles. The number of nitrogens with one attached hydrogen (secondary N) is 1. The third-order valence-electron chi connectivity index (χ3n) is 4.53. The van der Waals surface area contributed by atoms with Gasteiger partial charge in [-0.3, -0.25) is 4.79 Å². The van der Waals surface area contributed by atoms with Gasteiger partial charge in [0.25, 0.3) is 0 Å². The standard InChI is InChI=1S/C22H25BrN4O2S/c1-4-5-12-27-21(16-7-9-17(29-3)10-8-16)25-26-22(27)30-14-20(28)24-19-11-6-15(2)13-18(19)23/h6-11,13H,4-5,12,14H2,1-3H3,(H,24,28). The molecule has 8 heteroatoms. The number of unbranched alkanes of at least 4 members (excludes halogenated alkanes) is 1. The number of anilines is 1. The number of aryl methyl sites for hydroxylation is 1. The maximum atomic E-state index is 12.5. The van der Waals surface area contributed by atoms with E-state index in [0.717, 1.165) is 57.4 Å². The summed E-state index contributed by atoms with van der Waals surface area (Å²) in [4.78, 5) is 12.5.